The van der Waals surface area contributed by atoms with Gasteiger partial charge in [0.2, 0.25) is 0 Å². The second-order valence-corrected chi connectivity index (χ2v) is 5.66. The molecule has 0 atom stereocenters. The maximum Gasteiger partial charge on any atom is 0.274 e. The van der Waals surface area contributed by atoms with Crippen molar-refractivity contribution in [1.29, 1.82) is 0 Å². The van der Waals surface area contributed by atoms with Crippen LogP contribution in [-0.4, -0.2) is 22.2 Å². The van der Waals surface area contributed by atoms with E-state index in [0.29, 0.717) is 22.3 Å². The molecule has 0 saturated heterocycles. The highest BCUT2D eigenvalue weighted by atomic mass is 16.5. The van der Waals surface area contributed by atoms with Crippen LogP contribution in [0.15, 0.2) is 41.2 Å². The zero-order valence-electron chi connectivity index (χ0n) is 13.8. The molecule has 1 aromatic heterocycles. The first-order chi connectivity index (χ1) is 11.5. The summed E-state index contributed by atoms with van der Waals surface area (Å²) in [6.45, 7) is 3.97. The molecule has 1 heterocycles. The standard InChI is InChI=1S/C19H18N2O3/c1-11-8-15-16(9-12(11)2)21-19(23)17(20-15)10-18(22)13-4-6-14(24-3)7-5-13/h4-10,22H,1-3H3,(H,21,23)/b18-10-. The fourth-order valence-electron chi connectivity index (χ4n) is 2.43. The number of methoxy groups -OCH3 is 1. The van der Waals surface area contributed by atoms with Crippen molar-refractivity contribution < 1.29 is 9.84 Å². The van der Waals surface area contributed by atoms with Crippen LogP contribution in [0.1, 0.15) is 22.4 Å². The first-order valence-electron chi connectivity index (χ1n) is 7.54. The lowest BCUT2D eigenvalue weighted by Gasteiger charge is -2.05. The fraction of sp³-hybridized carbons (Fsp3) is 0.158. The van der Waals surface area contributed by atoms with Gasteiger partial charge >= 0.3 is 0 Å². The van der Waals surface area contributed by atoms with E-state index in [-0.39, 0.29) is 17.0 Å². The highest BCUT2D eigenvalue weighted by Crippen LogP contribution is 2.19. The molecular weight excluding hydrogens is 304 g/mol. The second kappa shape index (κ2) is 6.20. The quantitative estimate of drug-likeness (QED) is 0.722. The number of aryl methyl sites for hydroxylation is 2. The molecule has 0 bridgehead atoms. The molecule has 0 aliphatic carbocycles. The van der Waals surface area contributed by atoms with Crippen LogP contribution < -0.4 is 10.3 Å². The van der Waals surface area contributed by atoms with Crippen LogP contribution in [0.5, 0.6) is 5.75 Å². The monoisotopic (exact) mass is 322 g/mol. The van der Waals surface area contributed by atoms with E-state index < -0.39 is 0 Å². The van der Waals surface area contributed by atoms with Gasteiger partial charge in [-0.05, 0) is 61.4 Å². The van der Waals surface area contributed by atoms with Gasteiger partial charge in [0.15, 0.2) is 0 Å². The van der Waals surface area contributed by atoms with E-state index in [9.17, 15) is 9.90 Å². The van der Waals surface area contributed by atoms with Crippen LogP contribution in [0.2, 0.25) is 0 Å². The molecule has 2 N–H and O–H groups in total. The predicted octanol–water partition coefficient (Wildman–Crippen LogP) is 3.60. The van der Waals surface area contributed by atoms with Gasteiger partial charge in [-0.25, -0.2) is 4.98 Å². The van der Waals surface area contributed by atoms with Gasteiger partial charge in [-0.15, -0.1) is 0 Å². The zero-order chi connectivity index (χ0) is 17.3. The molecule has 24 heavy (non-hydrogen) atoms. The van der Waals surface area contributed by atoms with Gasteiger partial charge in [-0.3, -0.25) is 4.79 Å². The van der Waals surface area contributed by atoms with Gasteiger partial charge in [0.25, 0.3) is 5.56 Å². The van der Waals surface area contributed by atoms with Crippen molar-refractivity contribution in [2.75, 3.05) is 7.11 Å². The molecule has 0 amide bonds. The molecule has 3 rings (SSSR count). The second-order valence-electron chi connectivity index (χ2n) is 5.66. The Morgan fingerprint density at radius 1 is 1.17 bits per heavy atom. The molecule has 2 aromatic carbocycles. The van der Waals surface area contributed by atoms with Crippen LogP contribution in [-0.2, 0) is 0 Å². The Morgan fingerprint density at radius 3 is 2.50 bits per heavy atom. The van der Waals surface area contributed by atoms with Crippen LogP contribution in [0, 0.1) is 13.8 Å². The normalized spacial score (nSPS) is 11.7. The van der Waals surface area contributed by atoms with E-state index in [1.54, 1.807) is 31.4 Å². The van der Waals surface area contributed by atoms with Crippen LogP contribution in [0.25, 0.3) is 22.9 Å². The Kier molecular flexibility index (Phi) is 4.08. The van der Waals surface area contributed by atoms with E-state index >= 15 is 0 Å². The summed E-state index contributed by atoms with van der Waals surface area (Å²) < 4.78 is 5.09. The molecule has 0 saturated carbocycles. The number of fused-ring (bicyclic) bond motifs is 1. The SMILES string of the molecule is COc1ccc(/C(O)=C/c2nc3cc(C)c(C)cc3[nH]c2=O)cc1. The van der Waals surface area contributed by atoms with E-state index in [1.807, 2.05) is 26.0 Å². The summed E-state index contributed by atoms with van der Waals surface area (Å²) in [5.74, 6) is 0.665. The Labute approximate surface area is 139 Å². The third-order valence-corrected chi connectivity index (χ3v) is 3.99. The number of ether oxygens (including phenoxy) is 1. The summed E-state index contributed by atoms with van der Waals surface area (Å²) in [6.07, 6.45) is 1.37. The minimum Gasteiger partial charge on any atom is -0.507 e. The van der Waals surface area contributed by atoms with Crippen molar-refractivity contribution in [2.45, 2.75) is 13.8 Å². The van der Waals surface area contributed by atoms with Crippen molar-refractivity contribution >= 4 is 22.9 Å². The van der Waals surface area contributed by atoms with Crippen molar-refractivity contribution in [3.05, 3.63) is 69.1 Å². The molecule has 0 radical (unpaired) electrons. The van der Waals surface area contributed by atoms with Crippen molar-refractivity contribution in [3.63, 3.8) is 0 Å². The first kappa shape index (κ1) is 15.8. The van der Waals surface area contributed by atoms with Crippen molar-refractivity contribution in [2.24, 2.45) is 0 Å². The highest BCUT2D eigenvalue weighted by molar-refractivity contribution is 5.80. The smallest absolute Gasteiger partial charge is 0.274 e. The van der Waals surface area contributed by atoms with Gasteiger partial charge in [0.1, 0.15) is 17.2 Å². The van der Waals surface area contributed by atoms with Crippen molar-refractivity contribution in [1.82, 2.24) is 9.97 Å². The van der Waals surface area contributed by atoms with Gasteiger partial charge in [-0.1, -0.05) is 0 Å². The molecule has 0 unspecified atom stereocenters. The summed E-state index contributed by atoms with van der Waals surface area (Å²) in [7, 11) is 1.58. The van der Waals surface area contributed by atoms with Gasteiger partial charge in [0, 0.05) is 11.6 Å². The predicted molar refractivity (Wildman–Crippen MR) is 95.3 cm³/mol. The Bertz CT molecular complexity index is 986. The van der Waals surface area contributed by atoms with E-state index in [2.05, 4.69) is 9.97 Å². The van der Waals surface area contributed by atoms with Gasteiger partial charge < -0.3 is 14.8 Å². The Balaban J connectivity index is 2.05. The maximum absolute atomic E-state index is 12.2. The Morgan fingerprint density at radius 2 is 1.83 bits per heavy atom. The number of nitrogens with one attached hydrogen (secondary N) is 1. The molecule has 5 heteroatoms. The molecule has 5 nitrogen and oxygen atoms in total. The number of aromatic nitrogens is 2. The molecular formula is C19H18N2O3. The summed E-state index contributed by atoms with van der Waals surface area (Å²) >= 11 is 0. The molecule has 0 spiro atoms. The molecule has 0 fully saturated rings. The lowest BCUT2D eigenvalue weighted by Crippen LogP contribution is -2.12. The number of nitrogens with zero attached hydrogens (tertiary/aromatic N) is 1. The number of rotatable bonds is 3. The summed E-state index contributed by atoms with van der Waals surface area (Å²) in [5, 5.41) is 10.3. The number of aromatic amines is 1. The summed E-state index contributed by atoms with van der Waals surface area (Å²) in [5.41, 5.74) is 3.96. The van der Waals surface area contributed by atoms with Gasteiger partial charge in [-0.2, -0.15) is 0 Å². The number of aliphatic hydroxyl groups is 1. The van der Waals surface area contributed by atoms with Crippen LogP contribution >= 0.6 is 0 Å². The maximum atomic E-state index is 12.2. The van der Waals surface area contributed by atoms with Crippen molar-refractivity contribution in [3.8, 4) is 5.75 Å². The number of H-pyrrole nitrogens is 1. The molecule has 122 valence electrons. The first-order valence-corrected chi connectivity index (χ1v) is 7.54. The average Bonchev–Trinajstić information content (AvgIpc) is 2.57. The summed E-state index contributed by atoms with van der Waals surface area (Å²) in [4.78, 5) is 19.4. The topological polar surface area (TPSA) is 75.2 Å². The number of hydrogen-bond donors (Lipinski definition) is 2. The number of hydrogen-bond acceptors (Lipinski definition) is 4. The largest absolute Gasteiger partial charge is 0.507 e. The summed E-state index contributed by atoms with van der Waals surface area (Å²) in [6, 6.07) is 10.7. The van der Waals surface area contributed by atoms with E-state index in [1.165, 1.54) is 6.08 Å². The zero-order valence-corrected chi connectivity index (χ0v) is 13.8. The lowest BCUT2D eigenvalue weighted by molar-refractivity contribution is 0.414. The third kappa shape index (κ3) is 3.01. The molecule has 0 aliphatic rings. The van der Waals surface area contributed by atoms with E-state index in [0.717, 1.165) is 11.1 Å². The highest BCUT2D eigenvalue weighted by Gasteiger charge is 2.07. The third-order valence-electron chi connectivity index (χ3n) is 3.99. The Hall–Kier alpha value is -3.08. The minimum atomic E-state index is -0.342. The average molecular weight is 322 g/mol. The van der Waals surface area contributed by atoms with Gasteiger partial charge in [0.05, 0.1) is 18.1 Å². The number of aliphatic hydroxyl groups excluding tert-OH is 1. The lowest BCUT2D eigenvalue weighted by atomic mass is 10.1. The van der Waals surface area contributed by atoms with Crippen LogP contribution in [0.3, 0.4) is 0 Å². The van der Waals surface area contributed by atoms with Crippen LogP contribution in [0.4, 0.5) is 0 Å². The molecule has 0 aliphatic heterocycles. The minimum absolute atomic E-state index is 0.0289. The van der Waals surface area contributed by atoms with E-state index in [4.69, 9.17) is 4.74 Å². The fourth-order valence-corrected chi connectivity index (χ4v) is 2.43. The molecule has 3 aromatic rings. The number of benzene rings is 2.